The van der Waals surface area contributed by atoms with Gasteiger partial charge in [0.25, 0.3) is 6.47 Å². The van der Waals surface area contributed by atoms with Gasteiger partial charge in [-0.3, -0.25) is 9.59 Å². The molecule has 0 spiro atoms. The molecular formula is C16H28N2O8. The highest BCUT2D eigenvalue weighted by Crippen LogP contribution is 2.23. The van der Waals surface area contributed by atoms with Crippen LogP contribution in [0.2, 0.25) is 0 Å². The van der Waals surface area contributed by atoms with Crippen molar-refractivity contribution in [2.75, 3.05) is 40.0 Å². The molecular weight excluding hydrogens is 348 g/mol. The third-order valence-corrected chi connectivity index (χ3v) is 3.83. The molecule has 0 aliphatic carbocycles. The Balaban J connectivity index is 2.38. The van der Waals surface area contributed by atoms with E-state index in [1.807, 2.05) is 0 Å². The van der Waals surface area contributed by atoms with E-state index in [2.05, 4.69) is 17.2 Å². The van der Waals surface area contributed by atoms with Crippen molar-refractivity contribution in [2.24, 2.45) is 0 Å². The van der Waals surface area contributed by atoms with Crippen LogP contribution in [0.1, 0.15) is 6.92 Å². The number of carbonyl (C=O) groups excluding carboxylic acids is 2. The number of likely N-dealkylation sites (N-methyl/N-ethyl adjacent to an activating group) is 1. The van der Waals surface area contributed by atoms with Gasteiger partial charge in [-0.25, -0.2) is 0 Å². The van der Waals surface area contributed by atoms with Gasteiger partial charge >= 0.3 is 0 Å². The van der Waals surface area contributed by atoms with Crippen LogP contribution < -0.4 is 10.6 Å². The standard InChI is InChI=1S/C16H28N2O8/c1-10(2)15(22)18-4-5-23-6-7-24-16-12(17-3)14(25-9-20)13(21)11(8-19)26-16/h9,11-14,16-17,19,21H,1,4-8H2,2-3H3,(H,18,22). The molecule has 1 fully saturated rings. The van der Waals surface area contributed by atoms with Gasteiger partial charge in [-0.15, -0.1) is 0 Å². The Bertz CT molecular complexity index is 462. The quantitative estimate of drug-likeness (QED) is 0.172. The zero-order chi connectivity index (χ0) is 19.5. The lowest BCUT2D eigenvalue weighted by atomic mass is 9.97. The first-order chi connectivity index (χ1) is 12.5. The molecule has 1 amide bonds. The summed E-state index contributed by atoms with van der Waals surface area (Å²) in [5, 5.41) is 24.9. The molecule has 0 aromatic heterocycles. The minimum Gasteiger partial charge on any atom is -0.460 e. The number of amides is 1. The Morgan fingerprint density at radius 1 is 1.35 bits per heavy atom. The van der Waals surface area contributed by atoms with E-state index in [1.54, 1.807) is 14.0 Å². The maximum atomic E-state index is 11.3. The number of carbonyl (C=O) groups is 2. The number of hydrogen-bond acceptors (Lipinski definition) is 9. The molecule has 0 aromatic carbocycles. The van der Waals surface area contributed by atoms with E-state index in [0.717, 1.165) is 0 Å². The average molecular weight is 376 g/mol. The summed E-state index contributed by atoms with van der Waals surface area (Å²) < 4.78 is 21.4. The van der Waals surface area contributed by atoms with E-state index < -0.39 is 37.3 Å². The van der Waals surface area contributed by atoms with Crippen LogP contribution in [0.3, 0.4) is 0 Å². The van der Waals surface area contributed by atoms with Gasteiger partial charge in [-0.1, -0.05) is 6.58 Å². The van der Waals surface area contributed by atoms with Crippen molar-refractivity contribution in [3.05, 3.63) is 12.2 Å². The van der Waals surface area contributed by atoms with Crippen LogP contribution in [-0.2, 0) is 28.5 Å². The van der Waals surface area contributed by atoms with Gasteiger partial charge in [0.1, 0.15) is 12.2 Å². The second-order valence-corrected chi connectivity index (χ2v) is 5.75. The molecule has 0 bridgehead atoms. The highest BCUT2D eigenvalue weighted by Gasteiger charge is 2.46. The molecule has 150 valence electrons. The normalized spacial score (nSPS) is 28.4. The van der Waals surface area contributed by atoms with Crippen LogP contribution in [-0.4, -0.2) is 93.3 Å². The van der Waals surface area contributed by atoms with E-state index in [1.165, 1.54) is 0 Å². The van der Waals surface area contributed by atoms with Crippen molar-refractivity contribution in [1.29, 1.82) is 0 Å². The number of ether oxygens (including phenoxy) is 4. The summed E-state index contributed by atoms with van der Waals surface area (Å²) in [6.45, 7) is 5.98. The van der Waals surface area contributed by atoms with E-state index in [0.29, 0.717) is 18.7 Å². The zero-order valence-corrected chi connectivity index (χ0v) is 15.1. The summed E-state index contributed by atoms with van der Waals surface area (Å²) in [6, 6.07) is -0.618. The van der Waals surface area contributed by atoms with Gasteiger partial charge in [-0.2, -0.15) is 0 Å². The first kappa shape index (κ1) is 22.5. The maximum Gasteiger partial charge on any atom is 0.293 e. The Hall–Kier alpha value is -1.56. The topological polar surface area (TPSA) is 136 Å². The number of aliphatic hydroxyl groups is 2. The summed E-state index contributed by atoms with van der Waals surface area (Å²) in [5.41, 5.74) is 0.425. The molecule has 10 heteroatoms. The summed E-state index contributed by atoms with van der Waals surface area (Å²) in [6.07, 6.45) is -3.90. The van der Waals surface area contributed by atoms with Crippen molar-refractivity contribution in [2.45, 2.75) is 37.6 Å². The summed E-state index contributed by atoms with van der Waals surface area (Å²) >= 11 is 0. The van der Waals surface area contributed by atoms with Crippen LogP contribution in [0.25, 0.3) is 0 Å². The van der Waals surface area contributed by atoms with Gasteiger partial charge in [0.15, 0.2) is 12.4 Å². The molecule has 5 atom stereocenters. The second-order valence-electron chi connectivity index (χ2n) is 5.75. The molecule has 1 heterocycles. The van der Waals surface area contributed by atoms with Gasteiger partial charge in [0, 0.05) is 12.1 Å². The molecule has 5 unspecified atom stereocenters. The highest BCUT2D eigenvalue weighted by molar-refractivity contribution is 5.91. The molecule has 0 saturated carbocycles. The minimum atomic E-state index is -1.18. The van der Waals surface area contributed by atoms with Gasteiger partial charge in [0.2, 0.25) is 5.91 Å². The Morgan fingerprint density at radius 3 is 2.65 bits per heavy atom. The monoisotopic (exact) mass is 376 g/mol. The summed E-state index contributed by atoms with van der Waals surface area (Å²) in [7, 11) is 1.61. The predicted octanol–water partition coefficient (Wildman–Crippen LogP) is -2.08. The second kappa shape index (κ2) is 11.9. The SMILES string of the molecule is C=C(C)C(=O)NCCOCCOC1OC(CO)C(O)C(OC=O)C1NC. The molecule has 4 N–H and O–H groups in total. The number of rotatable bonds is 12. The lowest BCUT2D eigenvalue weighted by Gasteiger charge is -2.42. The van der Waals surface area contributed by atoms with E-state index >= 15 is 0 Å². The van der Waals surface area contributed by atoms with Crippen molar-refractivity contribution in [1.82, 2.24) is 10.6 Å². The fourth-order valence-corrected chi connectivity index (χ4v) is 2.45. The minimum absolute atomic E-state index is 0.166. The molecule has 0 aromatic rings. The van der Waals surface area contributed by atoms with Crippen molar-refractivity contribution in [3.8, 4) is 0 Å². The first-order valence-corrected chi connectivity index (χ1v) is 8.30. The summed E-state index contributed by atoms with van der Waals surface area (Å²) in [4.78, 5) is 22.0. The van der Waals surface area contributed by atoms with Gasteiger partial charge in [0.05, 0.1) is 32.5 Å². The van der Waals surface area contributed by atoms with Crippen molar-refractivity contribution < 1.29 is 38.7 Å². The van der Waals surface area contributed by atoms with Crippen LogP contribution in [0.5, 0.6) is 0 Å². The largest absolute Gasteiger partial charge is 0.460 e. The van der Waals surface area contributed by atoms with E-state index in [4.69, 9.17) is 18.9 Å². The zero-order valence-electron chi connectivity index (χ0n) is 15.1. The van der Waals surface area contributed by atoms with E-state index in [-0.39, 0.29) is 25.6 Å². The lowest BCUT2D eigenvalue weighted by molar-refractivity contribution is -0.273. The van der Waals surface area contributed by atoms with Crippen LogP contribution in [0, 0.1) is 0 Å². The molecule has 26 heavy (non-hydrogen) atoms. The molecule has 0 radical (unpaired) electrons. The molecule has 1 rings (SSSR count). The van der Waals surface area contributed by atoms with Crippen LogP contribution in [0.15, 0.2) is 12.2 Å². The smallest absolute Gasteiger partial charge is 0.293 e. The molecule has 1 aliphatic heterocycles. The van der Waals surface area contributed by atoms with Crippen molar-refractivity contribution >= 4 is 12.4 Å². The predicted molar refractivity (Wildman–Crippen MR) is 90.1 cm³/mol. The highest BCUT2D eigenvalue weighted by atomic mass is 16.7. The molecule has 1 aliphatic rings. The fourth-order valence-electron chi connectivity index (χ4n) is 2.45. The van der Waals surface area contributed by atoms with Crippen LogP contribution >= 0.6 is 0 Å². The third-order valence-electron chi connectivity index (χ3n) is 3.83. The van der Waals surface area contributed by atoms with E-state index in [9.17, 15) is 19.8 Å². The van der Waals surface area contributed by atoms with Gasteiger partial charge in [-0.05, 0) is 14.0 Å². The molecule has 10 nitrogen and oxygen atoms in total. The first-order valence-electron chi connectivity index (χ1n) is 8.30. The average Bonchev–Trinajstić information content (AvgIpc) is 2.62. The third kappa shape index (κ3) is 6.63. The number of hydrogen-bond donors (Lipinski definition) is 4. The Labute approximate surface area is 152 Å². The Kier molecular flexibility index (Phi) is 10.3. The van der Waals surface area contributed by atoms with Crippen LogP contribution in [0.4, 0.5) is 0 Å². The van der Waals surface area contributed by atoms with Crippen molar-refractivity contribution in [3.63, 3.8) is 0 Å². The Morgan fingerprint density at radius 2 is 2.08 bits per heavy atom. The fraction of sp³-hybridized carbons (Fsp3) is 0.750. The summed E-state index contributed by atoms with van der Waals surface area (Å²) in [5.74, 6) is -0.229. The molecule has 1 saturated heterocycles. The number of nitrogens with one attached hydrogen (secondary N) is 2. The number of aliphatic hydroxyl groups excluding tert-OH is 2. The van der Waals surface area contributed by atoms with Gasteiger partial charge < -0.3 is 39.8 Å². The maximum absolute atomic E-state index is 11.3. The lowest BCUT2D eigenvalue weighted by Crippen LogP contribution is -2.64.